The lowest BCUT2D eigenvalue weighted by molar-refractivity contribution is 0.304. The minimum Gasteiger partial charge on any atom is -0.494 e. The van der Waals surface area contributed by atoms with Gasteiger partial charge in [0, 0.05) is 6.04 Å². The number of aromatic hydroxyl groups is 1. The van der Waals surface area contributed by atoms with Gasteiger partial charge in [-0.15, -0.1) is 0 Å². The van der Waals surface area contributed by atoms with Crippen molar-refractivity contribution in [3.8, 4) is 5.88 Å². The standard InChI is InChI=1S/C12H20N2O3/c1-5-7(3)8(4)14-11(16)9(6-2)10(15)13-12(14)17/h7-8,16H,5-6H2,1-4H3,(H,13,15,17). The quantitative estimate of drug-likeness (QED) is 0.835. The normalized spacial score (nSPS) is 14.6. The number of H-pyrrole nitrogens is 1. The second kappa shape index (κ2) is 5.21. The molecule has 96 valence electrons. The summed E-state index contributed by atoms with van der Waals surface area (Å²) in [7, 11) is 0. The summed E-state index contributed by atoms with van der Waals surface area (Å²) in [6.45, 7) is 7.67. The maximum absolute atomic E-state index is 11.7. The first-order valence-electron chi connectivity index (χ1n) is 6.00. The van der Waals surface area contributed by atoms with Crippen LogP contribution in [0.1, 0.15) is 45.7 Å². The van der Waals surface area contributed by atoms with E-state index in [2.05, 4.69) is 4.98 Å². The summed E-state index contributed by atoms with van der Waals surface area (Å²) < 4.78 is 1.27. The zero-order valence-electron chi connectivity index (χ0n) is 10.8. The van der Waals surface area contributed by atoms with Gasteiger partial charge in [-0.2, -0.15) is 0 Å². The molecule has 0 amide bonds. The lowest BCUT2D eigenvalue weighted by Gasteiger charge is -2.22. The molecule has 17 heavy (non-hydrogen) atoms. The maximum atomic E-state index is 11.7. The number of aromatic amines is 1. The van der Waals surface area contributed by atoms with Crippen molar-refractivity contribution in [2.75, 3.05) is 0 Å². The molecule has 0 aromatic carbocycles. The monoisotopic (exact) mass is 240 g/mol. The van der Waals surface area contributed by atoms with E-state index in [1.165, 1.54) is 4.57 Å². The summed E-state index contributed by atoms with van der Waals surface area (Å²) in [6.07, 6.45) is 1.29. The van der Waals surface area contributed by atoms with Gasteiger partial charge in [-0.3, -0.25) is 14.3 Å². The second-order valence-electron chi connectivity index (χ2n) is 4.41. The molecule has 5 nitrogen and oxygen atoms in total. The van der Waals surface area contributed by atoms with Crippen LogP contribution in [0.5, 0.6) is 5.88 Å². The molecule has 1 rings (SSSR count). The molecule has 1 aromatic heterocycles. The Hall–Kier alpha value is -1.52. The van der Waals surface area contributed by atoms with Crippen LogP contribution in [0.25, 0.3) is 0 Å². The van der Waals surface area contributed by atoms with E-state index in [1.54, 1.807) is 6.92 Å². The average molecular weight is 240 g/mol. The Morgan fingerprint density at radius 2 is 1.88 bits per heavy atom. The molecule has 0 aliphatic rings. The maximum Gasteiger partial charge on any atom is 0.331 e. The minimum atomic E-state index is -0.544. The number of aromatic nitrogens is 2. The number of hydrogen-bond donors (Lipinski definition) is 2. The van der Waals surface area contributed by atoms with Crippen LogP contribution >= 0.6 is 0 Å². The molecule has 0 saturated heterocycles. The average Bonchev–Trinajstić information content (AvgIpc) is 2.27. The van der Waals surface area contributed by atoms with E-state index >= 15 is 0 Å². The van der Waals surface area contributed by atoms with Crippen molar-refractivity contribution < 1.29 is 5.11 Å². The minimum absolute atomic E-state index is 0.144. The third-order valence-electron chi connectivity index (χ3n) is 3.44. The van der Waals surface area contributed by atoms with Crippen molar-refractivity contribution in [2.45, 2.75) is 46.6 Å². The highest BCUT2D eigenvalue weighted by molar-refractivity contribution is 5.23. The van der Waals surface area contributed by atoms with E-state index in [0.29, 0.717) is 6.42 Å². The first kappa shape index (κ1) is 13.5. The van der Waals surface area contributed by atoms with Gasteiger partial charge in [-0.25, -0.2) is 4.79 Å². The van der Waals surface area contributed by atoms with Crippen LogP contribution in [0.3, 0.4) is 0 Å². The molecule has 2 atom stereocenters. The molecule has 0 radical (unpaired) electrons. The van der Waals surface area contributed by atoms with Gasteiger partial charge in [-0.05, 0) is 19.3 Å². The highest BCUT2D eigenvalue weighted by Gasteiger charge is 2.20. The fourth-order valence-corrected chi connectivity index (χ4v) is 1.87. The Morgan fingerprint density at radius 1 is 1.29 bits per heavy atom. The van der Waals surface area contributed by atoms with Crippen molar-refractivity contribution in [3.63, 3.8) is 0 Å². The third-order valence-corrected chi connectivity index (χ3v) is 3.44. The van der Waals surface area contributed by atoms with E-state index in [1.807, 2.05) is 20.8 Å². The Morgan fingerprint density at radius 3 is 2.35 bits per heavy atom. The largest absolute Gasteiger partial charge is 0.494 e. The van der Waals surface area contributed by atoms with Gasteiger partial charge in [0.2, 0.25) is 5.88 Å². The molecule has 2 unspecified atom stereocenters. The van der Waals surface area contributed by atoms with Crippen LogP contribution in [-0.2, 0) is 6.42 Å². The van der Waals surface area contributed by atoms with Gasteiger partial charge in [-0.1, -0.05) is 27.2 Å². The summed E-state index contributed by atoms with van der Waals surface area (Å²) in [5.74, 6) is 0.0447. The van der Waals surface area contributed by atoms with E-state index in [4.69, 9.17) is 0 Å². The van der Waals surface area contributed by atoms with Gasteiger partial charge in [0.05, 0.1) is 5.56 Å². The molecular weight excluding hydrogens is 220 g/mol. The highest BCUT2D eigenvalue weighted by atomic mass is 16.3. The number of nitrogens with zero attached hydrogens (tertiary/aromatic N) is 1. The first-order valence-corrected chi connectivity index (χ1v) is 6.00. The Balaban J connectivity index is 3.44. The van der Waals surface area contributed by atoms with Crippen molar-refractivity contribution >= 4 is 0 Å². The van der Waals surface area contributed by atoms with Crippen LogP contribution in [0.4, 0.5) is 0 Å². The molecule has 2 N–H and O–H groups in total. The molecule has 0 saturated carbocycles. The van der Waals surface area contributed by atoms with E-state index in [0.717, 1.165) is 6.42 Å². The second-order valence-corrected chi connectivity index (χ2v) is 4.41. The van der Waals surface area contributed by atoms with Gasteiger partial charge in [0.15, 0.2) is 0 Å². The van der Waals surface area contributed by atoms with Gasteiger partial charge >= 0.3 is 5.69 Å². The van der Waals surface area contributed by atoms with Crippen LogP contribution in [0, 0.1) is 5.92 Å². The lowest BCUT2D eigenvalue weighted by Crippen LogP contribution is -2.35. The van der Waals surface area contributed by atoms with Crippen LogP contribution < -0.4 is 11.2 Å². The van der Waals surface area contributed by atoms with Crippen molar-refractivity contribution in [1.29, 1.82) is 0 Å². The van der Waals surface area contributed by atoms with Crippen LogP contribution in [0.15, 0.2) is 9.59 Å². The van der Waals surface area contributed by atoms with Gasteiger partial charge in [0.1, 0.15) is 0 Å². The predicted molar refractivity (Wildman–Crippen MR) is 66.5 cm³/mol. The molecule has 0 aliphatic carbocycles. The van der Waals surface area contributed by atoms with Crippen molar-refractivity contribution in [2.24, 2.45) is 5.92 Å². The van der Waals surface area contributed by atoms with Crippen molar-refractivity contribution in [3.05, 3.63) is 26.4 Å². The van der Waals surface area contributed by atoms with E-state index < -0.39 is 11.2 Å². The summed E-state index contributed by atoms with van der Waals surface area (Å²) in [5, 5.41) is 10.0. The van der Waals surface area contributed by atoms with Gasteiger partial charge < -0.3 is 5.11 Å². The lowest BCUT2D eigenvalue weighted by atomic mass is 10.0. The van der Waals surface area contributed by atoms with Crippen LogP contribution in [-0.4, -0.2) is 14.7 Å². The highest BCUT2D eigenvalue weighted by Crippen LogP contribution is 2.23. The topological polar surface area (TPSA) is 75.1 Å². The van der Waals surface area contributed by atoms with E-state index in [9.17, 15) is 14.7 Å². The van der Waals surface area contributed by atoms with Crippen LogP contribution in [0.2, 0.25) is 0 Å². The number of rotatable bonds is 4. The smallest absolute Gasteiger partial charge is 0.331 e. The summed E-state index contributed by atoms with van der Waals surface area (Å²) in [4.78, 5) is 25.5. The Kier molecular flexibility index (Phi) is 4.15. The zero-order chi connectivity index (χ0) is 13.2. The Bertz CT molecular complexity index is 501. The first-order chi connectivity index (χ1) is 7.93. The fraction of sp³-hybridized carbons (Fsp3) is 0.667. The van der Waals surface area contributed by atoms with Gasteiger partial charge in [0.25, 0.3) is 5.56 Å². The molecule has 1 heterocycles. The Labute approximate surface area is 100 Å². The van der Waals surface area contributed by atoms with E-state index in [-0.39, 0.29) is 23.4 Å². The molecule has 0 fully saturated rings. The summed E-state index contributed by atoms with van der Waals surface area (Å²) in [6, 6.07) is -0.144. The molecule has 1 aromatic rings. The fourth-order valence-electron chi connectivity index (χ4n) is 1.87. The number of hydrogen-bond acceptors (Lipinski definition) is 3. The third kappa shape index (κ3) is 2.43. The summed E-state index contributed by atoms with van der Waals surface area (Å²) >= 11 is 0. The molecule has 0 aliphatic heterocycles. The molecule has 0 spiro atoms. The molecule has 5 heteroatoms. The molecule has 0 bridgehead atoms. The zero-order valence-corrected chi connectivity index (χ0v) is 10.8. The number of nitrogens with one attached hydrogen (secondary N) is 1. The SMILES string of the molecule is CCc1c(O)n(C(C)C(C)CC)c(=O)[nH]c1=O. The molecular formula is C12H20N2O3. The summed E-state index contributed by atoms with van der Waals surface area (Å²) in [5.41, 5.74) is -0.778. The van der Waals surface area contributed by atoms with Crippen molar-refractivity contribution in [1.82, 2.24) is 9.55 Å². The predicted octanol–water partition coefficient (Wildman–Crippen LogP) is 1.41.